The fourth-order valence-electron chi connectivity index (χ4n) is 2.81. The highest BCUT2D eigenvalue weighted by atomic mass is 16.2. The number of H-pyrrole nitrogens is 1. The zero-order valence-electron chi connectivity index (χ0n) is 11.6. The molecule has 2 aromatic rings. The molecular formula is C16H17N3O2. The monoisotopic (exact) mass is 283 g/mol. The average molecular weight is 283 g/mol. The molecule has 0 saturated carbocycles. The summed E-state index contributed by atoms with van der Waals surface area (Å²) in [5, 5.41) is 3.03. The number of aryl methyl sites for hydroxylation is 1. The van der Waals surface area contributed by atoms with Crippen LogP contribution in [0.25, 0.3) is 0 Å². The Labute approximate surface area is 122 Å². The van der Waals surface area contributed by atoms with Crippen molar-refractivity contribution >= 4 is 11.8 Å². The number of nitrogens with one attached hydrogen (secondary N) is 2. The third-order valence-corrected chi connectivity index (χ3v) is 3.89. The number of nitrogens with two attached hydrogens (primary N) is 1. The minimum atomic E-state index is -0.572. The SMILES string of the molecule is NC(=O)c1cc(C(=O)NC2CCCc3ccccc32)c[nH]1. The lowest BCUT2D eigenvalue weighted by molar-refractivity contribution is 0.0932. The van der Waals surface area contributed by atoms with Crippen molar-refractivity contribution < 1.29 is 9.59 Å². The summed E-state index contributed by atoms with van der Waals surface area (Å²) in [6, 6.07) is 9.68. The molecular weight excluding hydrogens is 266 g/mol. The van der Waals surface area contributed by atoms with Crippen LogP contribution in [0.4, 0.5) is 0 Å². The van der Waals surface area contributed by atoms with E-state index in [0.717, 1.165) is 19.3 Å². The maximum atomic E-state index is 12.3. The van der Waals surface area contributed by atoms with Gasteiger partial charge in [0.15, 0.2) is 0 Å². The van der Waals surface area contributed by atoms with Gasteiger partial charge in [0.25, 0.3) is 11.8 Å². The molecule has 3 rings (SSSR count). The van der Waals surface area contributed by atoms with Crippen molar-refractivity contribution in [2.45, 2.75) is 25.3 Å². The molecule has 5 nitrogen and oxygen atoms in total. The summed E-state index contributed by atoms with van der Waals surface area (Å²) < 4.78 is 0. The lowest BCUT2D eigenvalue weighted by Gasteiger charge is -2.26. The molecule has 1 unspecified atom stereocenters. The Morgan fingerprint density at radius 2 is 2.10 bits per heavy atom. The Morgan fingerprint density at radius 3 is 2.86 bits per heavy atom. The number of rotatable bonds is 3. The lowest BCUT2D eigenvalue weighted by Crippen LogP contribution is -2.30. The van der Waals surface area contributed by atoms with E-state index in [-0.39, 0.29) is 17.6 Å². The van der Waals surface area contributed by atoms with E-state index in [1.54, 1.807) is 0 Å². The van der Waals surface area contributed by atoms with Gasteiger partial charge >= 0.3 is 0 Å². The van der Waals surface area contributed by atoms with Crippen LogP contribution in [0.1, 0.15) is 50.9 Å². The first-order valence-electron chi connectivity index (χ1n) is 7.02. The molecule has 0 radical (unpaired) electrons. The molecule has 0 fully saturated rings. The molecule has 4 N–H and O–H groups in total. The number of aromatic nitrogens is 1. The third-order valence-electron chi connectivity index (χ3n) is 3.89. The molecule has 0 bridgehead atoms. The summed E-state index contributed by atoms with van der Waals surface area (Å²) in [5.41, 5.74) is 8.31. The largest absolute Gasteiger partial charge is 0.364 e. The van der Waals surface area contributed by atoms with Crippen molar-refractivity contribution in [1.29, 1.82) is 0 Å². The van der Waals surface area contributed by atoms with Crippen molar-refractivity contribution in [2.24, 2.45) is 5.73 Å². The number of hydrogen-bond acceptors (Lipinski definition) is 2. The van der Waals surface area contributed by atoms with Crippen molar-refractivity contribution in [3.05, 3.63) is 58.9 Å². The molecule has 1 aromatic heterocycles. The van der Waals surface area contributed by atoms with Crippen LogP contribution < -0.4 is 11.1 Å². The van der Waals surface area contributed by atoms with Crippen molar-refractivity contribution in [3.63, 3.8) is 0 Å². The number of carbonyl (C=O) groups is 2. The van der Waals surface area contributed by atoms with Crippen LogP contribution in [0.3, 0.4) is 0 Å². The van der Waals surface area contributed by atoms with Gasteiger partial charge in [-0.3, -0.25) is 9.59 Å². The summed E-state index contributed by atoms with van der Waals surface area (Å²) in [6.07, 6.45) is 4.54. The second-order valence-corrected chi connectivity index (χ2v) is 5.28. The minimum absolute atomic E-state index is 0.0226. The smallest absolute Gasteiger partial charge is 0.265 e. The number of benzene rings is 1. The highest BCUT2D eigenvalue weighted by Gasteiger charge is 2.22. The summed E-state index contributed by atoms with van der Waals surface area (Å²) in [7, 11) is 0. The first-order valence-corrected chi connectivity index (χ1v) is 7.02. The van der Waals surface area contributed by atoms with Crippen LogP contribution in [0.2, 0.25) is 0 Å². The highest BCUT2D eigenvalue weighted by molar-refractivity contribution is 5.98. The quantitative estimate of drug-likeness (QED) is 0.803. The molecule has 1 aromatic carbocycles. The van der Waals surface area contributed by atoms with Gasteiger partial charge < -0.3 is 16.0 Å². The second kappa shape index (κ2) is 5.44. The van der Waals surface area contributed by atoms with E-state index in [1.165, 1.54) is 23.4 Å². The Balaban J connectivity index is 1.77. The van der Waals surface area contributed by atoms with Gasteiger partial charge in [0.05, 0.1) is 11.6 Å². The van der Waals surface area contributed by atoms with Gasteiger partial charge in [-0.25, -0.2) is 0 Å². The molecule has 108 valence electrons. The first-order chi connectivity index (χ1) is 10.1. The van der Waals surface area contributed by atoms with Gasteiger partial charge in [-0.1, -0.05) is 24.3 Å². The van der Waals surface area contributed by atoms with Gasteiger partial charge in [-0.05, 0) is 36.5 Å². The van der Waals surface area contributed by atoms with Crippen LogP contribution in [0.5, 0.6) is 0 Å². The molecule has 1 heterocycles. The maximum absolute atomic E-state index is 12.3. The summed E-state index contributed by atoms with van der Waals surface area (Å²) in [5.74, 6) is -0.766. The minimum Gasteiger partial charge on any atom is -0.364 e. The van der Waals surface area contributed by atoms with E-state index in [2.05, 4.69) is 22.4 Å². The normalized spacial score (nSPS) is 17.0. The van der Waals surface area contributed by atoms with Crippen LogP contribution in [-0.4, -0.2) is 16.8 Å². The van der Waals surface area contributed by atoms with Crippen molar-refractivity contribution in [2.75, 3.05) is 0 Å². The number of carbonyl (C=O) groups excluding carboxylic acids is 2. The standard InChI is InChI=1S/C16H17N3O2/c17-15(20)14-8-11(9-18-14)16(21)19-13-7-3-5-10-4-1-2-6-12(10)13/h1-2,4,6,8-9,13,18H,3,5,7H2,(H2,17,20)(H,19,21). The van der Waals surface area contributed by atoms with E-state index in [4.69, 9.17) is 5.73 Å². The van der Waals surface area contributed by atoms with Gasteiger partial charge in [-0.15, -0.1) is 0 Å². The summed E-state index contributed by atoms with van der Waals surface area (Å²) >= 11 is 0. The van der Waals surface area contributed by atoms with Gasteiger partial charge in [0, 0.05) is 6.20 Å². The zero-order chi connectivity index (χ0) is 14.8. The number of amides is 2. The van der Waals surface area contributed by atoms with Crippen LogP contribution in [0, 0.1) is 0 Å². The van der Waals surface area contributed by atoms with Crippen molar-refractivity contribution in [1.82, 2.24) is 10.3 Å². The third kappa shape index (κ3) is 2.67. The van der Waals surface area contributed by atoms with E-state index in [9.17, 15) is 9.59 Å². The Bertz CT molecular complexity index is 690. The van der Waals surface area contributed by atoms with Gasteiger partial charge in [0.2, 0.25) is 0 Å². The number of hydrogen-bond donors (Lipinski definition) is 3. The van der Waals surface area contributed by atoms with Crippen molar-refractivity contribution in [3.8, 4) is 0 Å². The number of primary amides is 1. The summed E-state index contributed by atoms with van der Waals surface area (Å²) in [6.45, 7) is 0. The Hall–Kier alpha value is -2.56. The Morgan fingerprint density at radius 1 is 1.29 bits per heavy atom. The molecule has 21 heavy (non-hydrogen) atoms. The number of aromatic amines is 1. The van der Waals surface area contributed by atoms with Gasteiger partial charge in [-0.2, -0.15) is 0 Å². The second-order valence-electron chi connectivity index (χ2n) is 5.28. The fraction of sp³-hybridized carbons (Fsp3) is 0.250. The fourth-order valence-corrected chi connectivity index (χ4v) is 2.81. The zero-order valence-corrected chi connectivity index (χ0v) is 11.6. The molecule has 1 atom stereocenters. The number of fused-ring (bicyclic) bond motifs is 1. The highest BCUT2D eigenvalue weighted by Crippen LogP contribution is 2.29. The molecule has 2 amide bonds. The predicted molar refractivity (Wildman–Crippen MR) is 78.9 cm³/mol. The molecule has 5 heteroatoms. The maximum Gasteiger partial charge on any atom is 0.265 e. The molecule has 1 aliphatic rings. The Kier molecular flexibility index (Phi) is 3.48. The van der Waals surface area contributed by atoms with E-state index >= 15 is 0 Å². The molecule has 0 saturated heterocycles. The predicted octanol–water partition coefficient (Wildman–Crippen LogP) is 1.92. The molecule has 0 aliphatic heterocycles. The van der Waals surface area contributed by atoms with E-state index in [1.807, 2.05) is 12.1 Å². The van der Waals surface area contributed by atoms with Crippen LogP contribution in [-0.2, 0) is 6.42 Å². The average Bonchev–Trinajstić information content (AvgIpc) is 2.98. The van der Waals surface area contributed by atoms with Crippen LogP contribution in [0.15, 0.2) is 36.5 Å². The van der Waals surface area contributed by atoms with E-state index in [0.29, 0.717) is 5.56 Å². The molecule has 1 aliphatic carbocycles. The summed E-state index contributed by atoms with van der Waals surface area (Å²) in [4.78, 5) is 26.0. The van der Waals surface area contributed by atoms with Crippen LogP contribution >= 0.6 is 0 Å². The van der Waals surface area contributed by atoms with E-state index < -0.39 is 5.91 Å². The molecule has 0 spiro atoms. The van der Waals surface area contributed by atoms with Gasteiger partial charge in [0.1, 0.15) is 5.69 Å². The topological polar surface area (TPSA) is 88.0 Å². The lowest BCUT2D eigenvalue weighted by atomic mass is 9.87. The first kappa shape index (κ1) is 13.4.